The number of phenols is 4. The molecule has 12 rings (SSSR count). The first-order valence-corrected chi connectivity index (χ1v) is 44.9. The second-order valence-corrected chi connectivity index (χ2v) is 34.9. The summed E-state index contributed by atoms with van der Waals surface area (Å²) >= 11 is 7.24. The number of nitrogens with two attached hydrogens (primary N) is 11. The molecule has 0 amide bonds. The van der Waals surface area contributed by atoms with E-state index in [1.165, 1.54) is 57.5 Å². The van der Waals surface area contributed by atoms with Crippen molar-refractivity contribution in [2.75, 3.05) is 7.11 Å². The van der Waals surface area contributed by atoms with Gasteiger partial charge in [0.2, 0.25) is 0 Å². The van der Waals surface area contributed by atoms with Crippen molar-refractivity contribution in [1.29, 1.82) is 0 Å². The molecule has 13 unspecified atom stereocenters. The topological polar surface area (TPSA) is 554 Å². The fourth-order valence-corrected chi connectivity index (χ4v) is 13.4. The number of fused-ring (bicyclic) bond motifs is 1. The number of furan rings is 1. The quantitative estimate of drug-likeness (QED) is 0.0236. The molecule has 28 heteroatoms. The number of Topliss-reactive ketones (excluding diaryl/α,β-unsaturated/α-hetero) is 1. The Balaban J connectivity index is 0.000000721. The molecule has 0 radical (unpaired) electrons. The molecule has 0 saturated carbocycles. The number of methoxy groups -OCH3 is 1. The summed E-state index contributed by atoms with van der Waals surface area (Å²) < 4.78 is 10.2. The number of rotatable bonds is 25. The van der Waals surface area contributed by atoms with Crippen LogP contribution in [0.2, 0.25) is 5.02 Å². The van der Waals surface area contributed by atoms with Crippen molar-refractivity contribution in [3.8, 4) is 28.7 Å². The molecule has 718 valence electrons. The molecule has 0 bridgehead atoms. The molecule has 4 heterocycles. The molecular weight excluding hydrogens is 1690 g/mol. The summed E-state index contributed by atoms with van der Waals surface area (Å²) in [5, 5.41) is 67.0. The second kappa shape index (κ2) is 64.2. The summed E-state index contributed by atoms with van der Waals surface area (Å²) in [5.41, 5.74) is 79.8. The average Bonchev–Trinajstić information content (AvgIpc) is 1.70. The van der Waals surface area contributed by atoms with Crippen molar-refractivity contribution in [3.05, 3.63) is 318 Å². The molecule has 131 heavy (non-hydrogen) atoms. The van der Waals surface area contributed by atoms with Gasteiger partial charge < -0.3 is 113 Å². The van der Waals surface area contributed by atoms with Crippen LogP contribution in [0.4, 0.5) is 5.69 Å². The van der Waals surface area contributed by atoms with E-state index < -0.39 is 24.2 Å². The molecule has 13 atom stereocenters. The molecule has 0 saturated heterocycles. The number of hydrogen-bond acceptors (Lipinski definition) is 25. The number of carboxylic acids is 1. The number of nitrogens with zero attached hydrogens (tertiary/aromatic N) is 3. The number of carboxylic acid groups (broad SMARTS) is 1. The van der Waals surface area contributed by atoms with E-state index in [4.69, 9.17) is 94.0 Å². The van der Waals surface area contributed by atoms with Crippen molar-refractivity contribution in [2.24, 2.45) is 68.1 Å². The van der Waals surface area contributed by atoms with E-state index in [0.29, 0.717) is 33.7 Å². The molecule has 0 fully saturated rings. The van der Waals surface area contributed by atoms with Crippen molar-refractivity contribution in [2.45, 2.75) is 254 Å². The molecule has 31 N–H and O–H groups in total. The number of aliphatic hydroxyl groups excluding tert-OH is 2. The van der Waals surface area contributed by atoms with Gasteiger partial charge in [0, 0.05) is 108 Å². The standard InChI is InChI=1S/C11H14N2.C11H17NO.C11H15NO.3C10H15NO.C10H15N.C9H12ClNO.C7H9N3O2.C7H11NO2.C7H11NOS.H2O/c1-8(12)6-10-7-9-4-2-3-5-11(9)13-10;1-8-4-5-10(6-9(2)12)7-11(8)13-3;1-8(12)7-10-3-5-11(6-4-10)9(2)13;1-7-3-4-10(12)9(5-7)6-8(2)11;1-7-3-4-9(6-8(2)11)10(12)5-7;1-7-4-3-5-9(10(7)12)6-8(2)11;1-8-5-3-4-6-10(8)7-9(2)11;1-6(11)4-7-2-3-9(12)8(10)5-7;8-6(7(11)12)3-5-1-2-9-4-10-5;2*1-5(8)7(9)6-3-2-4-10-6;/h2-5,8H,6-7,12H2,1H3;4-5,7,9H,6,12H2,1-3H3;3-6,8H,7,12H2,1-2H3;3*3-5,8,12H,6,11H2,1-2H3;3-6,9H,7,11H2,1-2H3;2-3,5-6,12H,4,11H2,1H3;1-2,4,6H,3,8H2,(H,11,12);2*2-5,7,9H,8H2,1H3;1H2. The van der Waals surface area contributed by atoms with E-state index in [2.05, 4.69) is 82.5 Å². The zero-order chi connectivity index (χ0) is 97.9. The number of phenolic OH excluding ortho intramolecular Hbond substituents is 4. The number of aliphatic hydroxyl groups is 2. The lowest BCUT2D eigenvalue weighted by atomic mass is 10.0. The average molecular weight is 1840 g/mol. The molecule has 8 aromatic carbocycles. The Labute approximate surface area is 786 Å². The van der Waals surface area contributed by atoms with Gasteiger partial charge in [0.05, 0.1) is 24.1 Å². The van der Waals surface area contributed by atoms with E-state index in [-0.39, 0.29) is 83.8 Å². The lowest BCUT2D eigenvalue weighted by molar-refractivity contribution is -0.138. The summed E-state index contributed by atoms with van der Waals surface area (Å²) in [6.45, 7) is 30.9. The van der Waals surface area contributed by atoms with Gasteiger partial charge in [0.25, 0.3) is 0 Å². The Kier molecular flexibility index (Phi) is 58.0. The van der Waals surface area contributed by atoms with Crippen LogP contribution in [0.15, 0.2) is 228 Å². The van der Waals surface area contributed by atoms with Crippen molar-refractivity contribution < 1.29 is 60.0 Å². The number of aliphatic carboxylic acids is 1. The maximum absolute atomic E-state index is 11.0. The number of thiophene rings is 1. The lowest BCUT2D eigenvalue weighted by Crippen LogP contribution is -2.32. The number of hydrogen-bond donors (Lipinski definition) is 18. The minimum Gasteiger partial charge on any atom is -0.508 e. The van der Waals surface area contributed by atoms with Gasteiger partial charge in [0.1, 0.15) is 59.1 Å². The zero-order valence-corrected chi connectivity index (χ0v) is 81.2. The molecule has 0 spiro atoms. The van der Waals surface area contributed by atoms with E-state index in [1.54, 1.807) is 76.5 Å². The zero-order valence-electron chi connectivity index (χ0n) is 79.6. The first-order valence-electron chi connectivity index (χ1n) is 43.7. The van der Waals surface area contributed by atoms with Crippen LogP contribution >= 0.6 is 22.9 Å². The summed E-state index contributed by atoms with van der Waals surface area (Å²) in [6, 6.07) is 61.4. The monoisotopic (exact) mass is 1840 g/mol. The Morgan fingerprint density at radius 3 is 1.48 bits per heavy atom. The van der Waals surface area contributed by atoms with E-state index in [1.807, 2.05) is 179 Å². The number of aromatic hydroxyl groups is 4. The van der Waals surface area contributed by atoms with Crippen LogP contribution in [-0.2, 0) is 62.6 Å². The first kappa shape index (κ1) is 118. The SMILES string of the molecule is CC(=O)c1ccc(CC(C)N)cc1.CC(N)C(O)c1ccco1.CC(N)C(O)c1cccs1.CC(N)CC1=Nc2ccccc2C1.CC(N)Cc1ccc(O)c(Cl)c1.COc1cc(CC(C)N)ccc1C.Cc1ccc(CC(C)N)c(O)c1.Cc1ccc(O)c(CC(C)N)c1.Cc1cccc(CC(C)N)c1O.Cc1ccccc1CC(C)N.NC(Cc1ccncn1)C(=O)O.O. The normalized spacial score (nSPS) is 13.7. The van der Waals surface area contributed by atoms with Crippen LogP contribution in [-0.4, -0.2) is 142 Å². The molecule has 0 aliphatic carbocycles. The third-order valence-electron chi connectivity index (χ3n) is 19.0. The number of benzene rings is 8. The highest BCUT2D eigenvalue weighted by atomic mass is 35.5. The number of ether oxygens (including phenoxy) is 1. The van der Waals surface area contributed by atoms with Gasteiger partial charge in [-0.2, -0.15) is 0 Å². The highest BCUT2D eigenvalue weighted by molar-refractivity contribution is 7.10. The number of para-hydroxylation sites is 2. The highest BCUT2D eigenvalue weighted by Crippen LogP contribution is 2.29. The maximum atomic E-state index is 11.0. The van der Waals surface area contributed by atoms with Gasteiger partial charge in [0.15, 0.2) is 5.78 Å². The van der Waals surface area contributed by atoms with Gasteiger partial charge >= 0.3 is 5.97 Å². The number of ketones is 1. The largest absolute Gasteiger partial charge is 0.508 e. The number of carbonyl (C=O) groups is 2. The predicted octanol–water partition coefficient (Wildman–Crippen LogP) is 14.7. The maximum Gasteiger partial charge on any atom is 0.320 e. The summed E-state index contributed by atoms with van der Waals surface area (Å²) in [4.78, 5) is 34.3. The highest BCUT2D eigenvalue weighted by Gasteiger charge is 2.18. The Bertz CT molecular complexity index is 4950. The van der Waals surface area contributed by atoms with Gasteiger partial charge in [-0.1, -0.05) is 151 Å². The Morgan fingerprint density at radius 1 is 0.473 bits per heavy atom. The van der Waals surface area contributed by atoms with Gasteiger partial charge in [-0.05, 0) is 289 Å². The number of halogens is 1. The van der Waals surface area contributed by atoms with Gasteiger partial charge in [-0.3, -0.25) is 14.6 Å². The van der Waals surface area contributed by atoms with Crippen LogP contribution in [0, 0.1) is 34.6 Å². The van der Waals surface area contributed by atoms with Crippen molar-refractivity contribution >= 4 is 46.1 Å². The van der Waals surface area contributed by atoms with Crippen molar-refractivity contribution in [3.63, 3.8) is 0 Å². The summed E-state index contributed by atoms with van der Waals surface area (Å²) in [5.74, 6) is 1.75. The fourth-order valence-electron chi connectivity index (χ4n) is 12.4. The minimum absolute atomic E-state index is 0. The number of aliphatic imine (C=N–C) groups is 1. The Hall–Kier alpha value is -10.6. The van der Waals surface area contributed by atoms with Gasteiger partial charge in [-0.25, -0.2) is 9.97 Å². The molecule has 3 aromatic heterocycles. The summed E-state index contributed by atoms with van der Waals surface area (Å²) in [6.07, 6.45) is 11.1. The number of carbonyl (C=O) groups excluding carboxylic acids is 1. The number of aryl methyl sites for hydroxylation is 5. The lowest BCUT2D eigenvalue weighted by Gasteiger charge is -2.11. The van der Waals surface area contributed by atoms with Crippen molar-refractivity contribution in [1.82, 2.24) is 9.97 Å². The first-order chi connectivity index (χ1) is 61.2. The van der Waals surface area contributed by atoms with E-state index >= 15 is 0 Å². The Morgan fingerprint density at radius 2 is 0.977 bits per heavy atom. The summed E-state index contributed by atoms with van der Waals surface area (Å²) in [7, 11) is 1.69. The molecule has 26 nitrogen and oxygen atoms in total. The minimum atomic E-state index is -1.02. The van der Waals surface area contributed by atoms with Crippen LogP contribution in [0.1, 0.15) is 194 Å². The third-order valence-corrected chi connectivity index (χ3v) is 20.3. The van der Waals surface area contributed by atoms with Crippen LogP contribution in [0.3, 0.4) is 0 Å². The molecular formula is C103H151ClN14O12S. The fraction of sp³-hybridized carbons (Fsp3) is 0.388. The van der Waals surface area contributed by atoms with Crippen LogP contribution in [0.5, 0.6) is 28.7 Å². The van der Waals surface area contributed by atoms with Gasteiger partial charge in [-0.15, -0.1) is 11.3 Å². The van der Waals surface area contributed by atoms with Crippen LogP contribution in [0.25, 0.3) is 0 Å². The molecule has 1 aliphatic rings. The molecule has 1 aliphatic heterocycles. The number of aromatic nitrogens is 2. The predicted molar refractivity (Wildman–Crippen MR) is 539 cm³/mol. The van der Waals surface area contributed by atoms with E-state index in [9.17, 15) is 35.1 Å². The van der Waals surface area contributed by atoms with Crippen LogP contribution < -0.4 is 67.8 Å². The molecule has 11 aromatic rings. The smallest absolute Gasteiger partial charge is 0.320 e. The third kappa shape index (κ3) is 51.1. The second-order valence-electron chi connectivity index (χ2n) is 33.5. The van der Waals surface area contributed by atoms with E-state index in [0.717, 1.165) is 124 Å².